The third kappa shape index (κ3) is 3.69. The van der Waals surface area contributed by atoms with Crippen LogP contribution in [-0.4, -0.2) is 34.8 Å². The van der Waals surface area contributed by atoms with Crippen molar-refractivity contribution in [1.29, 1.82) is 0 Å². The van der Waals surface area contributed by atoms with Gasteiger partial charge < -0.3 is 0 Å². The third-order valence-electron chi connectivity index (χ3n) is 10.5. The maximum atomic E-state index is 13.9. The van der Waals surface area contributed by atoms with Crippen LogP contribution in [0.1, 0.15) is 79.3 Å². The van der Waals surface area contributed by atoms with Gasteiger partial charge in [0.25, 0.3) is 0 Å². The lowest BCUT2D eigenvalue weighted by molar-refractivity contribution is -0.180. The number of carbonyl (C=O) groups is 2. The van der Waals surface area contributed by atoms with Gasteiger partial charge >= 0.3 is 0 Å². The zero-order chi connectivity index (χ0) is 25.3. The van der Waals surface area contributed by atoms with E-state index in [1.54, 1.807) is 0 Å². The number of hydrogen-bond donors (Lipinski definition) is 2. The highest BCUT2D eigenvalue weighted by atomic mass is 16.1. The molecule has 4 saturated heterocycles. The molecule has 0 aromatic heterocycles. The molecule has 194 valence electrons. The topological polar surface area (TPSA) is 61.4 Å². The second-order valence-corrected chi connectivity index (χ2v) is 12.3. The first-order valence-electron chi connectivity index (χ1n) is 14.5. The van der Waals surface area contributed by atoms with Crippen LogP contribution in [0, 0.1) is 37.5 Å². The van der Waals surface area contributed by atoms with E-state index in [0.717, 1.165) is 44.9 Å². The third-order valence-corrected chi connectivity index (χ3v) is 10.5. The van der Waals surface area contributed by atoms with Crippen LogP contribution in [0.2, 0.25) is 0 Å². The van der Waals surface area contributed by atoms with Crippen molar-refractivity contribution >= 4 is 11.6 Å². The van der Waals surface area contributed by atoms with Crippen LogP contribution in [0.15, 0.2) is 48.5 Å². The zero-order valence-corrected chi connectivity index (χ0v) is 22.0. The minimum Gasteiger partial charge on any atom is -0.299 e. The fourth-order valence-electron chi connectivity index (χ4n) is 8.76. The van der Waals surface area contributed by atoms with Crippen molar-refractivity contribution in [3.63, 3.8) is 0 Å². The van der Waals surface area contributed by atoms with Crippen molar-refractivity contribution in [2.45, 2.75) is 89.3 Å². The van der Waals surface area contributed by atoms with Crippen molar-refractivity contribution in [2.75, 3.05) is 0 Å². The van der Waals surface area contributed by atoms with Gasteiger partial charge in [-0.15, -0.1) is 0 Å². The van der Waals surface area contributed by atoms with Crippen LogP contribution >= 0.6 is 0 Å². The van der Waals surface area contributed by atoms with E-state index in [2.05, 4.69) is 77.9 Å². The van der Waals surface area contributed by atoms with Gasteiger partial charge in [-0.2, -0.15) is 0 Å². The van der Waals surface area contributed by atoms with E-state index in [1.807, 2.05) is 0 Å². The largest absolute Gasteiger partial charge is 0.299 e. The van der Waals surface area contributed by atoms with Crippen molar-refractivity contribution in [3.05, 3.63) is 70.8 Å². The molecule has 37 heavy (non-hydrogen) atoms. The molecule has 0 radical (unpaired) electrons. The second-order valence-electron chi connectivity index (χ2n) is 12.3. The van der Waals surface area contributed by atoms with Crippen LogP contribution in [0.4, 0.5) is 0 Å². The summed E-state index contributed by atoms with van der Waals surface area (Å²) in [5, 5.41) is 8.00. The Kier molecular flexibility index (Phi) is 5.87. The van der Waals surface area contributed by atoms with E-state index in [4.69, 9.17) is 0 Å². The molecule has 8 unspecified atom stereocenters. The van der Waals surface area contributed by atoms with Crippen LogP contribution in [0.5, 0.6) is 0 Å². The predicted octanol–water partition coefficient (Wildman–Crippen LogP) is 4.99. The summed E-state index contributed by atoms with van der Waals surface area (Å²) < 4.78 is 0. The summed E-state index contributed by atoms with van der Waals surface area (Å²) in [7, 11) is 0. The molecule has 8 atom stereocenters. The van der Waals surface area contributed by atoms with Gasteiger partial charge in [0.05, 0.1) is 12.3 Å². The molecule has 0 bridgehead atoms. The molecule has 0 spiro atoms. The van der Waals surface area contributed by atoms with Crippen LogP contribution < -0.4 is 10.6 Å². The fraction of sp³-hybridized carbons (Fsp3) is 0.562. The first-order chi connectivity index (χ1) is 18.0. The minimum absolute atomic E-state index is 0.00218. The highest BCUT2D eigenvalue weighted by molar-refractivity contribution is 5.91. The van der Waals surface area contributed by atoms with E-state index in [1.165, 1.54) is 22.3 Å². The summed E-state index contributed by atoms with van der Waals surface area (Å²) in [5.41, 5.74) is 5.29. The average molecular weight is 498 g/mol. The number of benzene rings is 2. The van der Waals surface area contributed by atoms with Gasteiger partial charge in [-0.3, -0.25) is 25.1 Å². The molecule has 5 aliphatic rings. The Morgan fingerprint density at radius 3 is 1.54 bits per heavy atom. The van der Waals surface area contributed by atoms with Gasteiger partial charge in [-0.05, 0) is 74.6 Å². The Morgan fingerprint density at radius 1 is 0.622 bits per heavy atom. The molecule has 2 N–H and O–H groups in total. The summed E-state index contributed by atoms with van der Waals surface area (Å²) in [6.07, 6.45) is 6.66. The molecule has 1 saturated carbocycles. The Morgan fingerprint density at radius 2 is 1.08 bits per heavy atom. The molecule has 1 aliphatic carbocycles. The standard InChI is InChI=1S/C32H39N3O2/c1-18-8-3-5-10-20(18)26-16-14-24-29(36)22-12-7-13-23-28(22)35(31(24)33-26)32-25(30(23)37)15-17-27(34-32)21-11-6-4-9-19(21)2/h3-6,8-11,22-28,31-34H,7,12-17H2,1-2H3. The zero-order valence-electron chi connectivity index (χ0n) is 22.0. The smallest absolute Gasteiger partial charge is 0.143 e. The molecule has 7 rings (SSSR count). The van der Waals surface area contributed by atoms with Gasteiger partial charge in [-0.25, -0.2) is 0 Å². The van der Waals surface area contributed by atoms with E-state index in [0.29, 0.717) is 11.6 Å². The summed E-state index contributed by atoms with van der Waals surface area (Å²) in [6, 6.07) is 17.8. The minimum atomic E-state index is -0.0172. The first kappa shape index (κ1) is 23.8. The predicted molar refractivity (Wildman–Crippen MR) is 144 cm³/mol. The SMILES string of the molecule is Cc1ccccc1C1CCC2C(=O)C3CCCC4C(=O)C5CCC(c6ccccc6C)NC5N(C2N1)C34. The highest BCUT2D eigenvalue weighted by Gasteiger charge is 2.61. The van der Waals surface area contributed by atoms with Crippen molar-refractivity contribution in [2.24, 2.45) is 23.7 Å². The average Bonchev–Trinajstić information content (AvgIpc) is 2.92. The van der Waals surface area contributed by atoms with Crippen LogP contribution in [0.25, 0.3) is 0 Å². The molecule has 4 heterocycles. The number of fused-ring (bicyclic) bond motifs is 4. The molecule has 5 nitrogen and oxygen atoms in total. The maximum absolute atomic E-state index is 13.9. The first-order valence-corrected chi connectivity index (χ1v) is 14.5. The molecule has 5 fully saturated rings. The monoisotopic (exact) mass is 497 g/mol. The Balaban J connectivity index is 1.28. The lowest BCUT2D eigenvalue weighted by Gasteiger charge is -2.63. The lowest BCUT2D eigenvalue weighted by atomic mass is 9.60. The number of rotatable bonds is 2. The van der Waals surface area contributed by atoms with Crippen molar-refractivity contribution in [3.8, 4) is 0 Å². The number of ketones is 2. The summed E-state index contributed by atoms with van der Waals surface area (Å²) in [5.74, 6) is 0.864. The summed E-state index contributed by atoms with van der Waals surface area (Å²) in [6.45, 7) is 4.38. The molecule has 0 amide bonds. The number of carbonyl (C=O) groups excluding carboxylic acids is 2. The highest BCUT2D eigenvalue weighted by Crippen LogP contribution is 2.51. The summed E-state index contributed by atoms with van der Waals surface area (Å²) >= 11 is 0. The number of Topliss-reactive ketones (excluding diaryl/α,β-unsaturated/α-hetero) is 2. The van der Waals surface area contributed by atoms with E-state index in [9.17, 15) is 9.59 Å². The fourth-order valence-corrected chi connectivity index (χ4v) is 8.76. The van der Waals surface area contributed by atoms with Crippen molar-refractivity contribution < 1.29 is 9.59 Å². The van der Waals surface area contributed by atoms with Crippen molar-refractivity contribution in [1.82, 2.24) is 15.5 Å². The van der Waals surface area contributed by atoms with E-state index >= 15 is 0 Å². The van der Waals surface area contributed by atoms with E-state index in [-0.39, 0.29) is 54.1 Å². The van der Waals surface area contributed by atoms with Gasteiger partial charge in [0.15, 0.2) is 0 Å². The normalized spacial score (nSPS) is 39.5. The Bertz CT molecular complexity index is 1130. The number of piperidine rings is 4. The maximum Gasteiger partial charge on any atom is 0.143 e. The molecular formula is C32H39N3O2. The molecule has 2 aromatic carbocycles. The van der Waals surface area contributed by atoms with Gasteiger partial charge in [-0.1, -0.05) is 55.0 Å². The number of nitrogens with one attached hydrogen (secondary N) is 2. The van der Waals surface area contributed by atoms with Gasteiger partial charge in [0, 0.05) is 41.8 Å². The molecule has 2 aromatic rings. The summed E-state index contributed by atoms with van der Waals surface area (Å²) in [4.78, 5) is 30.5. The Labute approximate surface area is 220 Å². The van der Waals surface area contributed by atoms with Crippen LogP contribution in [-0.2, 0) is 9.59 Å². The molecule has 4 aliphatic heterocycles. The number of hydrogen-bond acceptors (Lipinski definition) is 5. The quantitative estimate of drug-likeness (QED) is 0.612. The van der Waals surface area contributed by atoms with Crippen LogP contribution in [0.3, 0.4) is 0 Å². The second kappa shape index (κ2) is 9.14. The van der Waals surface area contributed by atoms with E-state index < -0.39 is 0 Å². The molecule has 5 heteroatoms. The number of nitrogens with zero attached hydrogens (tertiary/aromatic N) is 1. The molecular weight excluding hydrogens is 458 g/mol. The lowest BCUT2D eigenvalue weighted by Crippen LogP contribution is -2.78. The van der Waals surface area contributed by atoms with Gasteiger partial charge in [0.1, 0.15) is 11.6 Å². The Hall–Kier alpha value is -2.34. The van der Waals surface area contributed by atoms with Gasteiger partial charge in [0.2, 0.25) is 0 Å². The number of aryl methyl sites for hydroxylation is 2.